The van der Waals surface area contributed by atoms with Crippen molar-refractivity contribution in [2.45, 2.75) is 74.7 Å². The highest BCUT2D eigenvalue weighted by atomic mass is 16.5. The number of ether oxygens (including phenoxy) is 1. The van der Waals surface area contributed by atoms with Gasteiger partial charge in [0.25, 0.3) is 0 Å². The Kier molecular flexibility index (Phi) is 8.96. The average Bonchev–Trinajstić information content (AvgIpc) is 3.01. The predicted octanol–water partition coefficient (Wildman–Crippen LogP) is 9.86. The second kappa shape index (κ2) is 12.5. The van der Waals surface area contributed by atoms with E-state index in [1.807, 2.05) is 24.3 Å². The molecule has 0 fully saturated rings. The molecule has 1 aliphatic carbocycles. The van der Waals surface area contributed by atoms with E-state index in [0.717, 1.165) is 82.5 Å². The Labute approximate surface area is 274 Å². The highest BCUT2D eigenvalue weighted by molar-refractivity contribution is 6.25. The Morgan fingerprint density at radius 3 is 1.98 bits per heavy atom. The third-order valence-corrected chi connectivity index (χ3v) is 8.92. The summed E-state index contributed by atoms with van der Waals surface area (Å²) in [6, 6.07) is 14.5. The summed E-state index contributed by atoms with van der Waals surface area (Å²) in [6.45, 7) is 24.9. The molecule has 0 bridgehead atoms. The number of nitrogens with zero attached hydrogens (tertiary/aromatic N) is 2. The third kappa shape index (κ3) is 6.22. The third-order valence-electron chi connectivity index (χ3n) is 8.92. The molecule has 1 aromatic heterocycles. The summed E-state index contributed by atoms with van der Waals surface area (Å²) in [6.07, 6.45) is 5.74. The Morgan fingerprint density at radius 2 is 1.41 bits per heavy atom. The van der Waals surface area contributed by atoms with E-state index in [1.165, 1.54) is 0 Å². The lowest BCUT2D eigenvalue weighted by atomic mass is 9.83. The van der Waals surface area contributed by atoms with E-state index in [-0.39, 0.29) is 22.4 Å². The Morgan fingerprint density at radius 1 is 0.804 bits per heavy atom. The van der Waals surface area contributed by atoms with Crippen LogP contribution in [0.3, 0.4) is 0 Å². The van der Waals surface area contributed by atoms with Gasteiger partial charge in [-0.3, -0.25) is 4.79 Å². The van der Waals surface area contributed by atoms with Crippen LogP contribution in [0.15, 0.2) is 81.7 Å². The standard InChI is InChI=1S/C40H48N2O4/c1-11-41(12-2)27-15-17-29-25(21-35(39(5,6)7)45-33(29)23-27)19-31-37(43)32(38(31)44)20-26-22-36(40(8,9)10)46-34-24-28(16-18-30(26)34)42(13-3)14-4/h15-24H,11-14H2,1-10H3/p+2. The number of rotatable bonds is 8. The summed E-state index contributed by atoms with van der Waals surface area (Å²) in [7, 11) is 0. The van der Waals surface area contributed by atoms with Crippen LogP contribution >= 0.6 is 0 Å². The van der Waals surface area contributed by atoms with Gasteiger partial charge in [0.1, 0.15) is 28.4 Å². The topological polar surface area (TPSA) is 68.6 Å². The molecule has 6 heteroatoms. The molecule has 2 aromatic carbocycles. The molecule has 5 rings (SSSR count). The zero-order chi connectivity index (χ0) is 33.6. The quantitative estimate of drug-likeness (QED) is 0.200. The van der Waals surface area contributed by atoms with Crippen LogP contribution in [-0.4, -0.2) is 41.9 Å². The summed E-state index contributed by atoms with van der Waals surface area (Å²) >= 11 is 0. The lowest BCUT2D eigenvalue weighted by Crippen LogP contribution is -2.23. The van der Waals surface area contributed by atoms with Gasteiger partial charge < -0.3 is 19.6 Å². The number of aliphatic hydroxyl groups excluding tert-OH is 1. The van der Waals surface area contributed by atoms with Crippen LogP contribution in [0.2, 0.25) is 0 Å². The van der Waals surface area contributed by atoms with Crippen molar-refractivity contribution in [2.75, 3.05) is 36.0 Å². The first kappa shape index (κ1) is 33.1. The molecule has 0 spiro atoms. The molecule has 6 nitrogen and oxygen atoms in total. The van der Waals surface area contributed by atoms with Crippen LogP contribution in [-0.2, 0) is 5.41 Å². The van der Waals surface area contributed by atoms with Gasteiger partial charge in [-0.05, 0) is 96.5 Å². The molecule has 1 aliphatic heterocycles. The van der Waals surface area contributed by atoms with Crippen molar-refractivity contribution >= 4 is 39.8 Å². The average molecular weight is 623 g/mol. The monoisotopic (exact) mass is 622 g/mol. The first-order chi connectivity index (χ1) is 21.7. The van der Waals surface area contributed by atoms with Crippen molar-refractivity contribution in [1.29, 1.82) is 0 Å². The van der Waals surface area contributed by atoms with Crippen molar-refractivity contribution in [3.8, 4) is 5.75 Å². The van der Waals surface area contributed by atoms with Crippen molar-refractivity contribution in [1.82, 2.24) is 0 Å². The smallest absolute Gasteiger partial charge is 0.362 e. The largest absolute Gasteiger partial charge is 0.506 e. The molecule has 0 amide bonds. The minimum absolute atomic E-state index is 0.0644. The van der Waals surface area contributed by atoms with E-state index < -0.39 is 0 Å². The number of benzene rings is 2. The number of allylic oxidation sites excluding steroid dienone is 6. The summed E-state index contributed by atoms with van der Waals surface area (Å²) < 4.78 is 12.9. The van der Waals surface area contributed by atoms with Gasteiger partial charge in [-0.15, -0.1) is 0 Å². The van der Waals surface area contributed by atoms with Crippen molar-refractivity contribution < 1.29 is 19.1 Å². The maximum Gasteiger partial charge on any atom is 0.362 e. The first-order valence-corrected chi connectivity index (χ1v) is 16.6. The highest BCUT2D eigenvalue weighted by Crippen LogP contribution is 2.43. The van der Waals surface area contributed by atoms with Crippen LogP contribution < -0.4 is 14.5 Å². The van der Waals surface area contributed by atoms with Crippen LogP contribution in [0.25, 0.3) is 22.6 Å². The van der Waals surface area contributed by atoms with Gasteiger partial charge >= 0.3 is 17.1 Å². The normalized spacial score (nSPS) is 16.8. The minimum atomic E-state index is -0.232. The van der Waals surface area contributed by atoms with Crippen LogP contribution in [0.4, 0.5) is 11.4 Å². The number of anilines is 2. The number of carbonyl (C=O) groups excluding carboxylic acids is 1. The molecule has 0 atom stereocenters. The zero-order valence-corrected chi connectivity index (χ0v) is 29.2. The van der Waals surface area contributed by atoms with Crippen LogP contribution in [0, 0.1) is 5.41 Å². The molecular formula is C40H50N2O4+2. The Hall–Kier alpha value is -4.32. The number of aliphatic hydroxyl groups is 1. The summed E-state index contributed by atoms with van der Waals surface area (Å²) in [4.78, 5) is 15.9. The molecule has 2 N–H and O–H groups in total. The van der Waals surface area contributed by atoms with Crippen molar-refractivity contribution in [2.24, 2.45) is 5.41 Å². The molecule has 3 aromatic rings. The second-order valence-corrected chi connectivity index (χ2v) is 14.2. The van der Waals surface area contributed by atoms with Gasteiger partial charge in [-0.25, -0.2) is 4.42 Å². The maximum atomic E-state index is 11.4. The maximum absolute atomic E-state index is 11.4. The van der Waals surface area contributed by atoms with E-state index in [1.54, 1.807) is 0 Å². The molecule has 2 heterocycles. The van der Waals surface area contributed by atoms with Gasteiger partial charge in [0.05, 0.1) is 16.9 Å². The van der Waals surface area contributed by atoms with Crippen LogP contribution in [0.1, 0.15) is 86.1 Å². The fourth-order valence-corrected chi connectivity index (χ4v) is 5.99. The molecule has 0 saturated carbocycles. The minimum Gasteiger partial charge on any atom is -0.506 e. The Bertz CT molecular complexity index is 1800. The number of hydrogen-bond acceptors (Lipinski definition) is 4. The lowest BCUT2D eigenvalue weighted by molar-refractivity contribution is 0.291. The fraction of sp³-hybridized carbons (Fsp3) is 0.400. The van der Waals surface area contributed by atoms with E-state index in [4.69, 9.17) is 9.15 Å². The summed E-state index contributed by atoms with van der Waals surface area (Å²) in [5.41, 5.74) is 6.02. The van der Waals surface area contributed by atoms with Gasteiger partial charge in [-0.1, -0.05) is 20.8 Å². The van der Waals surface area contributed by atoms with Gasteiger partial charge in [0, 0.05) is 66.2 Å². The van der Waals surface area contributed by atoms with Crippen molar-refractivity contribution in [3.05, 3.63) is 94.2 Å². The van der Waals surface area contributed by atoms with E-state index in [2.05, 4.69) is 115 Å². The summed E-state index contributed by atoms with van der Waals surface area (Å²) in [5.74, 6) is 2.56. The lowest BCUT2D eigenvalue weighted by Gasteiger charge is -2.30. The predicted molar refractivity (Wildman–Crippen MR) is 194 cm³/mol. The second-order valence-electron chi connectivity index (χ2n) is 14.2. The van der Waals surface area contributed by atoms with E-state index in [0.29, 0.717) is 11.1 Å². The number of hydrogen-bond donors (Lipinski definition) is 1. The Balaban J connectivity index is 1.60. The number of ketones is 1. The SMILES string of the molecule is CCN(CC)c1ccc2c(c1)OC(C(C)(C)C)=CC2=CC1=C(O)C(=Cc2cc(C(C)(C)C)[o+]c3cc(N(CC)CC)ccc23)C1=[OH+]. The highest BCUT2D eigenvalue weighted by Gasteiger charge is 2.40. The van der Waals surface area contributed by atoms with E-state index >= 15 is 0 Å². The molecular weight excluding hydrogens is 572 g/mol. The molecule has 0 radical (unpaired) electrons. The van der Waals surface area contributed by atoms with Gasteiger partial charge in [0.15, 0.2) is 0 Å². The van der Waals surface area contributed by atoms with Gasteiger partial charge in [-0.2, -0.15) is 0 Å². The molecule has 0 saturated heterocycles. The van der Waals surface area contributed by atoms with E-state index in [9.17, 15) is 9.90 Å². The van der Waals surface area contributed by atoms with Gasteiger partial charge in [0.2, 0.25) is 0 Å². The molecule has 46 heavy (non-hydrogen) atoms. The molecule has 0 unspecified atom stereocenters. The van der Waals surface area contributed by atoms with Crippen molar-refractivity contribution in [3.63, 3.8) is 0 Å². The molecule has 242 valence electrons. The molecule has 2 aliphatic rings. The number of fused-ring (bicyclic) bond motifs is 2. The first-order valence-electron chi connectivity index (χ1n) is 16.6. The fourth-order valence-electron chi connectivity index (χ4n) is 5.99. The summed E-state index contributed by atoms with van der Waals surface area (Å²) in [5, 5.41) is 12.3. The van der Waals surface area contributed by atoms with Crippen LogP contribution in [0.5, 0.6) is 5.75 Å². The zero-order valence-electron chi connectivity index (χ0n) is 29.2.